The Bertz CT molecular complexity index is 342. The van der Waals surface area contributed by atoms with Crippen LogP contribution in [-0.2, 0) is 6.54 Å². The molecule has 1 fully saturated rings. The fraction of sp³-hybridized carbons (Fsp3) is 0.538. The number of hydrogen-bond donors (Lipinski definition) is 1. The number of benzene rings is 1. The maximum absolute atomic E-state index is 3.31. The number of nitrogens with one attached hydrogen (secondary N) is 1. The zero-order valence-electron chi connectivity index (χ0n) is 9.88. The van der Waals surface area contributed by atoms with Crippen LogP contribution in [-0.4, -0.2) is 31.1 Å². The van der Waals surface area contributed by atoms with Crippen LogP contribution in [0.3, 0.4) is 0 Å². The Balaban J connectivity index is 2.03. The lowest BCUT2D eigenvalue weighted by molar-refractivity contribution is 0.173. The summed E-state index contributed by atoms with van der Waals surface area (Å²) < 4.78 is 0. The van der Waals surface area contributed by atoms with Crippen molar-refractivity contribution in [2.24, 2.45) is 0 Å². The molecule has 0 atom stereocenters. The van der Waals surface area contributed by atoms with Gasteiger partial charge in [0, 0.05) is 25.7 Å². The maximum Gasteiger partial charge on any atom is 0.0345 e. The topological polar surface area (TPSA) is 15.3 Å². The fourth-order valence-electron chi connectivity index (χ4n) is 2.01. The van der Waals surface area contributed by atoms with Crippen LogP contribution in [0.2, 0.25) is 0 Å². The average molecular weight is 204 g/mol. The van der Waals surface area contributed by atoms with Crippen LogP contribution in [0, 0.1) is 13.8 Å². The van der Waals surface area contributed by atoms with Crippen LogP contribution < -0.4 is 5.32 Å². The Morgan fingerprint density at radius 3 is 2.60 bits per heavy atom. The molecule has 15 heavy (non-hydrogen) atoms. The van der Waals surface area contributed by atoms with Gasteiger partial charge in [-0.2, -0.15) is 0 Å². The van der Waals surface area contributed by atoms with Gasteiger partial charge in [0.2, 0.25) is 0 Å². The second-order valence-electron chi connectivity index (χ2n) is 4.66. The average Bonchev–Trinajstić information content (AvgIpc) is 2.07. The Kier molecular flexibility index (Phi) is 3.08. The summed E-state index contributed by atoms with van der Waals surface area (Å²) in [6.07, 6.45) is 0. The predicted molar refractivity (Wildman–Crippen MR) is 64.0 cm³/mol. The minimum absolute atomic E-state index is 0.728. The summed E-state index contributed by atoms with van der Waals surface area (Å²) in [6, 6.07) is 7.45. The number of likely N-dealkylation sites (N-methyl/N-ethyl adjacent to an activating group) is 1. The van der Waals surface area contributed by atoms with E-state index in [0.717, 1.165) is 25.7 Å². The molecule has 1 N–H and O–H groups in total. The first-order valence-electron chi connectivity index (χ1n) is 5.64. The molecule has 1 aromatic carbocycles. The molecule has 82 valence electrons. The van der Waals surface area contributed by atoms with Gasteiger partial charge in [-0.25, -0.2) is 0 Å². The van der Waals surface area contributed by atoms with Crippen molar-refractivity contribution in [3.8, 4) is 0 Å². The van der Waals surface area contributed by atoms with E-state index in [9.17, 15) is 0 Å². The highest BCUT2D eigenvalue weighted by Crippen LogP contribution is 2.14. The summed E-state index contributed by atoms with van der Waals surface area (Å²) >= 11 is 0. The van der Waals surface area contributed by atoms with E-state index in [1.807, 2.05) is 0 Å². The van der Waals surface area contributed by atoms with Gasteiger partial charge >= 0.3 is 0 Å². The zero-order valence-corrected chi connectivity index (χ0v) is 9.88. The Morgan fingerprint density at radius 2 is 2.07 bits per heavy atom. The molecule has 1 heterocycles. The summed E-state index contributed by atoms with van der Waals surface area (Å²) in [7, 11) is 2.21. The van der Waals surface area contributed by atoms with Crippen molar-refractivity contribution >= 4 is 0 Å². The molecule has 0 radical (unpaired) electrons. The molecule has 0 amide bonds. The van der Waals surface area contributed by atoms with Crippen molar-refractivity contribution in [1.29, 1.82) is 0 Å². The van der Waals surface area contributed by atoms with Crippen molar-refractivity contribution in [1.82, 2.24) is 10.2 Å². The van der Waals surface area contributed by atoms with Gasteiger partial charge in [0.05, 0.1) is 0 Å². The van der Waals surface area contributed by atoms with Crippen LogP contribution in [0.4, 0.5) is 0 Å². The third kappa shape index (κ3) is 2.39. The van der Waals surface area contributed by atoms with Crippen molar-refractivity contribution < 1.29 is 0 Å². The first kappa shape index (κ1) is 10.7. The summed E-state index contributed by atoms with van der Waals surface area (Å²) in [6.45, 7) is 7.70. The van der Waals surface area contributed by atoms with Crippen LogP contribution in [0.15, 0.2) is 18.2 Å². The van der Waals surface area contributed by atoms with E-state index in [4.69, 9.17) is 0 Å². The van der Waals surface area contributed by atoms with E-state index >= 15 is 0 Å². The SMILES string of the molecule is Cc1ccc(CN(C)C2CNC2)c(C)c1. The molecule has 1 aliphatic rings. The molecule has 0 unspecified atom stereocenters. The van der Waals surface area contributed by atoms with Gasteiger partial charge in [0.25, 0.3) is 0 Å². The smallest absolute Gasteiger partial charge is 0.0345 e. The molecule has 0 saturated carbocycles. The van der Waals surface area contributed by atoms with E-state index in [-0.39, 0.29) is 0 Å². The number of aryl methyl sites for hydroxylation is 2. The molecule has 0 aliphatic carbocycles. The molecule has 2 nitrogen and oxygen atoms in total. The van der Waals surface area contributed by atoms with Crippen LogP contribution >= 0.6 is 0 Å². The Labute approximate surface area is 92.3 Å². The quantitative estimate of drug-likeness (QED) is 0.806. The molecule has 1 aliphatic heterocycles. The first-order chi connectivity index (χ1) is 7.16. The van der Waals surface area contributed by atoms with E-state index in [1.54, 1.807) is 0 Å². The van der Waals surface area contributed by atoms with Crippen LogP contribution in [0.5, 0.6) is 0 Å². The van der Waals surface area contributed by atoms with Gasteiger partial charge < -0.3 is 5.32 Å². The van der Waals surface area contributed by atoms with Gasteiger partial charge in [0.1, 0.15) is 0 Å². The normalized spacial score (nSPS) is 16.8. The highest BCUT2D eigenvalue weighted by atomic mass is 15.2. The molecule has 2 heteroatoms. The van der Waals surface area contributed by atoms with E-state index < -0.39 is 0 Å². The predicted octanol–water partition coefficient (Wildman–Crippen LogP) is 1.71. The molecule has 0 aromatic heterocycles. The summed E-state index contributed by atoms with van der Waals surface area (Å²) in [5.41, 5.74) is 4.22. The summed E-state index contributed by atoms with van der Waals surface area (Å²) in [5, 5.41) is 3.31. The van der Waals surface area contributed by atoms with Crippen LogP contribution in [0.25, 0.3) is 0 Å². The lowest BCUT2D eigenvalue weighted by Crippen LogP contribution is -2.55. The van der Waals surface area contributed by atoms with Crippen LogP contribution in [0.1, 0.15) is 16.7 Å². The van der Waals surface area contributed by atoms with Gasteiger partial charge in [0.15, 0.2) is 0 Å². The Hall–Kier alpha value is -0.860. The van der Waals surface area contributed by atoms with Crippen molar-refractivity contribution in [2.45, 2.75) is 26.4 Å². The minimum Gasteiger partial charge on any atom is -0.314 e. The highest BCUT2D eigenvalue weighted by molar-refractivity contribution is 5.30. The maximum atomic E-state index is 3.31. The number of nitrogens with zero attached hydrogens (tertiary/aromatic N) is 1. The third-order valence-corrected chi connectivity index (χ3v) is 3.30. The second kappa shape index (κ2) is 4.33. The molecule has 2 rings (SSSR count). The molecule has 1 aromatic rings. The lowest BCUT2D eigenvalue weighted by Gasteiger charge is -2.35. The zero-order chi connectivity index (χ0) is 10.8. The largest absolute Gasteiger partial charge is 0.314 e. The molecule has 0 spiro atoms. The van der Waals surface area contributed by atoms with E-state index in [0.29, 0.717) is 0 Å². The van der Waals surface area contributed by atoms with E-state index in [2.05, 4.69) is 49.3 Å². The molecular weight excluding hydrogens is 184 g/mol. The molecule has 1 saturated heterocycles. The Morgan fingerprint density at radius 1 is 1.33 bits per heavy atom. The second-order valence-corrected chi connectivity index (χ2v) is 4.66. The minimum atomic E-state index is 0.728. The van der Waals surface area contributed by atoms with Crippen molar-refractivity contribution in [2.75, 3.05) is 20.1 Å². The van der Waals surface area contributed by atoms with Gasteiger partial charge in [-0.3, -0.25) is 4.90 Å². The standard InChI is InChI=1S/C13H20N2/c1-10-4-5-12(11(2)6-10)9-15(3)13-7-14-8-13/h4-6,13-14H,7-9H2,1-3H3. The number of rotatable bonds is 3. The monoisotopic (exact) mass is 204 g/mol. The van der Waals surface area contributed by atoms with Crippen molar-refractivity contribution in [3.05, 3.63) is 34.9 Å². The van der Waals surface area contributed by atoms with Gasteiger partial charge in [-0.1, -0.05) is 23.8 Å². The third-order valence-electron chi connectivity index (χ3n) is 3.30. The van der Waals surface area contributed by atoms with E-state index in [1.165, 1.54) is 16.7 Å². The molecular formula is C13H20N2. The van der Waals surface area contributed by atoms with Crippen molar-refractivity contribution in [3.63, 3.8) is 0 Å². The van der Waals surface area contributed by atoms with Gasteiger partial charge in [-0.15, -0.1) is 0 Å². The van der Waals surface area contributed by atoms with Gasteiger partial charge in [-0.05, 0) is 32.0 Å². The molecule has 0 bridgehead atoms. The number of hydrogen-bond acceptors (Lipinski definition) is 2. The summed E-state index contributed by atoms with van der Waals surface area (Å²) in [5.74, 6) is 0. The highest BCUT2D eigenvalue weighted by Gasteiger charge is 2.21. The lowest BCUT2D eigenvalue weighted by atomic mass is 10.0. The summed E-state index contributed by atoms with van der Waals surface area (Å²) in [4.78, 5) is 2.44. The first-order valence-corrected chi connectivity index (χ1v) is 5.64. The fourth-order valence-corrected chi connectivity index (χ4v) is 2.01.